The van der Waals surface area contributed by atoms with Gasteiger partial charge in [0.05, 0.1) is 5.56 Å². The lowest BCUT2D eigenvalue weighted by Crippen LogP contribution is -2.10. The van der Waals surface area contributed by atoms with Gasteiger partial charge in [-0.1, -0.05) is 45.0 Å². The first-order valence-electron chi connectivity index (χ1n) is 8.25. The second-order valence-corrected chi connectivity index (χ2v) is 7.06. The Morgan fingerprint density at radius 1 is 0.920 bits per heavy atom. The van der Waals surface area contributed by atoms with Crippen LogP contribution in [-0.4, -0.2) is 15.1 Å². The molecule has 25 heavy (non-hydrogen) atoms. The van der Waals surface area contributed by atoms with Crippen LogP contribution >= 0.6 is 0 Å². The van der Waals surface area contributed by atoms with Crippen molar-refractivity contribution in [1.82, 2.24) is 9.97 Å². The van der Waals surface area contributed by atoms with Crippen molar-refractivity contribution < 1.29 is 9.84 Å². The molecule has 128 valence electrons. The minimum atomic E-state index is 0.0992. The quantitative estimate of drug-likeness (QED) is 0.711. The molecular weight excluding hydrogens is 312 g/mol. The predicted molar refractivity (Wildman–Crippen MR) is 99.1 cm³/mol. The second-order valence-electron chi connectivity index (χ2n) is 7.06. The minimum Gasteiger partial charge on any atom is -0.507 e. The van der Waals surface area contributed by atoms with Crippen molar-refractivity contribution >= 4 is 0 Å². The Morgan fingerprint density at radius 3 is 2.24 bits per heavy atom. The van der Waals surface area contributed by atoms with Gasteiger partial charge in [-0.2, -0.15) is 4.98 Å². The van der Waals surface area contributed by atoms with Crippen LogP contribution in [0.25, 0.3) is 11.4 Å². The zero-order valence-corrected chi connectivity index (χ0v) is 14.9. The van der Waals surface area contributed by atoms with Gasteiger partial charge in [0.1, 0.15) is 11.5 Å². The summed E-state index contributed by atoms with van der Waals surface area (Å²) in [5.74, 6) is 1.76. The molecule has 3 rings (SSSR count). The highest BCUT2D eigenvalue weighted by atomic mass is 16.5. The summed E-state index contributed by atoms with van der Waals surface area (Å²) in [5.41, 5.74) is 2.70. The van der Waals surface area contributed by atoms with E-state index in [9.17, 15) is 5.11 Å². The summed E-state index contributed by atoms with van der Waals surface area (Å²) >= 11 is 0. The molecule has 4 heteroatoms. The van der Waals surface area contributed by atoms with Gasteiger partial charge < -0.3 is 9.84 Å². The summed E-state index contributed by atoms with van der Waals surface area (Å²) < 4.78 is 5.90. The fourth-order valence-corrected chi connectivity index (χ4v) is 2.52. The van der Waals surface area contributed by atoms with Crippen LogP contribution in [0.5, 0.6) is 17.4 Å². The van der Waals surface area contributed by atoms with Crippen molar-refractivity contribution in [3.05, 3.63) is 65.9 Å². The van der Waals surface area contributed by atoms with Gasteiger partial charge in [-0.25, -0.2) is 4.98 Å². The van der Waals surface area contributed by atoms with Gasteiger partial charge >= 0.3 is 0 Å². The normalized spacial score (nSPS) is 11.4. The first-order valence-corrected chi connectivity index (χ1v) is 8.25. The highest BCUT2D eigenvalue weighted by Gasteiger charge is 2.14. The number of hydrogen-bond acceptors (Lipinski definition) is 4. The Bertz CT molecular complexity index is 881. The Labute approximate surface area is 148 Å². The first-order chi connectivity index (χ1) is 11.8. The van der Waals surface area contributed by atoms with Crippen LogP contribution in [-0.2, 0) is 5.41 Å². The summed E-state index contributed by atoms with van der Waals surface area (Å²) in [5, 5.41) is 10.0. The number of phenolic OH excluding ortho intramolecular Hbond substituents is 1. The third kappa shape index (κ3) is 3.97. The number of hydrogen-bond donors (Lipinski definition) is 1. The molecule has 1 N–H and O–H groups in total. The molecule has 1 heterocycles. The number of aromatic hydroxyl groups is 1. The molecule has 0 bridgehead atoms. The summed E-state index contributed by atoms with van der Waals surface area (Å²) in [6, 6.07) is 16.8. The minimum absolute atomic E-state index is 0.0992. The largest absolute Gasteiger partial charge is 0.507 e. The van der Waals surface area contributed by atoms with E-state index < -0.39 is 0 Å². The van der Waals surface area contributed by atoms with E-state index in [4.69, 9.17) is 4.74 Å². The molecule has 0 spiro atoms. The van der Waals surface area contributed by atoms with Gasteiger partial charge in [-0.3, -0.25) is 0 Å². The molecule has 3 aromatic rings. The van der Waals surface area contributed by atoms with E-state index in [2.05, 4.69) is 42.9 Å². The van der Waals surface area contributed by atoms with Crippen LogP contribution in [0.1, 0.15) is 32.0 Å². The summed E-state index contributed by atoms with van der Waals surface area (Å²) in [6.45, 7) is 8.40. The lowest BCUT2D eigenvalue weighted by Gasteiger charge is -2.19. The van der Waals surface area contributed by atoms with Crippen molar-refractivity contribution in [3.8, 4) is 28.8 Å². The van der Waals surface area contributed by atoms with Crippen LogP contribution in [0.3, 0.4) is 0 Å². The Morgan fingerprint density at radius 2 is 1.60 bits per heavy atom. The number of nitrogens with zero attached hydrogens (tertiary/aromatic N) is 2. The molecule has 1 aromatic heterocycles. The molecule has 4 nitrogen and oxygen atoms in total. The van der Waals surface area contributed by atoms with Crippen molar-refractivity contribution in [2.75, 3.05) is 0 Å². The predicted octanol–water partition coefficient (Wildman–Crippen LogP) is 5.25. The molecule has 0 aliphatic heterocycles. The molecular formula is C21H22N2O2. The molecule has 2 aromatic carbocycles. The molecule has 0 aliphatic rings. The third-order valence-electron chi connectivity index (χ3n) is 3.92. The Kier molecular flexibility index (Phi) is 4.45. The van der Waals surface area contributed by atoms with Crippen molar-refractivity contribution in [3.63, 3.8) is 0 Å². The fraction of sp³-hybridized carbons (Fsp3) is 0.238. The standard InChI is InChI=1S/C21H22N2O2/c1-14-13-19(23-20(22-14)17-7-5-6-8-18(17)24)25-16-11-9-15(10-12-16)21(2,3)4/h5-13,24H,1-4H3. The molecule has 0 unspecified atom stereocenters. The number of ether oxygens (including phenoxy) is 1. The summed E-state index contributed by atoms with van der Waals surface area (Å²) in [6.07, 6.45) is 0. The van der Waals surface area contributed by atoms with Crippen LogP contribution in [0.4, 0.5) is 0 Å². The van der Waals surface area contributed by atoms with E-state index in [1.807, 2.05) is 25.1 Å². The highest BCUT2D eigenvalue weighted by Crippen LogP contribution is 2.30. The maximum absolute atomic E-state index is 10.0. The molecule has 0 radical (unpaired) electrons. The average Bonchev–Trinajstić information content (AvgIpc) is 2.54. The van der Waals surface area contributed by atoms with Gasteiger partial charge in [0.2, 0.25) is 5.88 Å². The number of benzene rings is 2. The Balaban J connectivity index is 1.90. The first kappa shape index (κ1) is 17.0. The topological polar surface area (TPSA) is 55.2 Å². The number of aromatic nitrogens is 2. The SMILES string of the molecule is Cc1cc(Oc2ccc(C(C)(C)C)cc2)nc(-c2ccccc2O)n1. The number of aryl methyl sites for hydroxylation is 1. The highest BCUT2D eigenvalue weighted by molar-refractivity contribution is 5.63. The fourth-order valence-electron chi connectivity index (χ4n) is 2.52. The van der Waals surface area contributed by atoms with Crippen molar-refractivity contribution in [2.24, 2.45) is 0 Å². The molecule has 0 amide bonds. The maximum Gasteiger partial charge on any atom is 0.223 e. The zero-order chi connectivity index (χ0) is 18.0. The zero-order valence-electron chi connectivity index (χ0n) is 14.9. The van der Waals surface area contributed by atoms with Crippen LogP contribution in [0.2, 0.25) is 0 Å². The van der Waals surface area contributed by atoms with Gasteiger partial charge in [-0.05, 0) is 42.2 Å². The summed E-state index contributed by atoms with van der Waals surface area (Å²) in [4.78, 5) is 8.84. The Hall–Kier alpha value is -2.88. The van der Waals surface area contributed by atoms with E-state index in [-0.39, 0.29) is 11.2 Å². The molecule has 0 aliphatic carbocycles. The smallest absolute Gasteiger partial charge is 0.223 e. The van der Waals surface area contributed by atoms with Crippen molar-refractivity contribution in [2.45, 2.75) is 33.1 Å². The molecule has 0 saturated carbocycles. The number of rotatable bonds is 3. The number of para-hydroxylation sites is 1. The van der Waals surface area contributed by atoms with Gasteiger partial charge in [-0.15, -0.1) is 0 Å². The maximum atomic E-state index is 10.0. The van der Waals surface area contributed by atoms with Crippen LogP contribution in [0.15, 0.2) is 54.6 Å². The van der Waals surface area contributed by atoms with E-state index in [0.29, 0.717) is 23.0 Å². The molecule has 0 fully saturated rings. The summed E-state index contributed by atoms with van der Waals surface area (Å²) in [7, 11) is 0. The molecule has 0 atom stereocenters. The van der Waals surface area contributed by atoms with Crippen LogP contribution in [0, 0.1) is 6.92 Å². The van der Waals surface area contributed by atoms with Gasteiger partial charge in [0.25, 0.3) is 0 Å². The monoisotopic (exact) mass is 334 g/mol. The molecule has 0 saturated heterocycles. The third-order valence-corrected chi connectivity index (χ3v) is 3.92. The second kappa shape index (κ2) is 6.55. The van der Waals surface area contributed by atoms with Crippen LogP contribution < -0.4 is 4.74 Å². The average molecular weight is 334 g/mol. The number of phenols is 1. The van der Waals surface area contributed by atoms with E-state index in [1.165, 1.54) is 5.56 Å². The van der Waals surface area contributed by atoms with Gasteiger partial charge in [0.15, 0.2) is 5.82 Å². The van der Waals surface area contributed by atoms with Gasteiger partial charge in [0, 0.05) is 11.8 Å². The lowest BCUT2D eigenvalue weighted by molar-refractivity contribution is 0.459. The van der Waals surface area contributed by atoms with E-state index >= 15 is 0 Å². The van der Waals surface area contributed by atoms with E-state index in [0.717, 1.165) is 5.69 Å². The van der Waals surface area contributed by atoms with Crippen molar-refractivity contribution in [1.29, 1.82) is 0 Å². The van der Waals surface area contributed by atoms with E-state index in [1.54, 1.807) is 24.3 Å². The lowest BCUT2D eigenvalue weighted by atomic mass is 9.87.